The van der Waals surface area contributed by atoms with E-state index in [-0.39, 0.29) is 12.4 Å². The second-order valence-corrected chi connectivity index (χ2v) is 3.26. The van der Waals surface area contributed by atoms with Crippen LogP contribution >= 0.6 is 11.3 Å². The summed E-state index contributed by atoms with van der Waals surface area (Å²) < 4.78 is 0. The number of aromatic nitrogens is 1. The zero-order chi connectivity index (χ0) is 8.27. The van der Waals surface area contributed by atoms with Gasteiger partial charge in [-0.15, -0.1) is 11.3 Å². The molecule has 1 heterocycles. The highest BCUT2D eigenvalue weighted by molar-refractivity contribution is 7.13. The molecule has 0 fully saturated rings. The van der Waals surface area contributed by atoms with Crippen LogP contribution in [0, 0.1) is 0 Å². The van der Waals surface area contributed by atoms with E-state index < -0.39 is 0 Å². The normalized spacial score (nSPS) is 10.0. The van der Waals surface area contributed by atoms with Gasteiger partial charge in [0.2, 0.25) is 0 Å². The standard InChI is InChI=1S/C7H9NO2S/c1-5(10)6-4-8-7(11-6)2-3-9/h4,9H,2-3H2,1H3. The molecule has 4 heteroatoms. The zero-order valence-corrected chi connectivity index (χ0v) is 7.02. The van der Waals surface area contributed by atoms with E-state index in [1.165, 1.54) is 18.3 Å². The Balaban J connectivity index is 2.73. The lowest BCUT2D eigenvalue weighted by atomic mass is 10.4. The fourth-order valence-corrected chi connectivity index (χ4v) is 1.49. The number of carbonyl (C=O) groups excluding carboxylic acids is 1. The van der Waals surface area contributed by atoms with Crippen LogP contribution < -0.4 is 0 Å². The van der Waals surface area contributed by atoms with Gasteiger partial charge in [-0.3, -0.25) is 4.79 Å². The van der Waals surface area contributed by atoms with E-state index in [0.717, 1.165) is 5.01 Å². The van der Waals surface area contributed by atoms with Crippen molar-refractivity contribution in [3.63, 3.8) is 0 Å². The first-order valence-electron chi connectivity index (χ1n) is 3.30. The highest BCUT2D eigenvalue weighted by atomic mass is 32.1. The van der Waals surface area contributed by atoms with Crippen LogP contribution in [0.3, 0.4) is 0 Å². The Morgan fingerprint density at radius 3 is 3.00 bits per heavy atom. The molecule has 0 atom stereocenters. The Kier molecular flexibility index (Phi) is 2.73. The molecule has 1 aromatic rings. The third-order valence-corrected chi connectivity index (χ3v) is 2.38. The van der Waals surface area contributed by atoms with E-state index in [9.17, 15) is 4.79 Å². The number of ketones is 1. The largest absolute Gasteiger partial charge is 0.396 e. The average Bonchev–Trinajstić information content (AvgIpc) is 2.37. The van der Waals surface area contributed by atoms with Gasteiger partial charge in [0, 0.05) is 26.1 Å². The van der Waals surface area contributed by atoms with Crippen LogP contribution in [0.2, 0.25) is 0 Å². The number of carbonyl (C=O) groups is 1. The molecule has 0 amide bonds. The van der Waals surface area contributed by atoms with Crippen molar-refractivity contribution in [1.29, 1.82) is 0 Å². The van der Waals surface area contributed by atoms with Gasteiger partial charge in [-0.2, -0.15) is 0 Å². The molecule has 1 N–H and O–H groups in total. The fraction of sp³-hybridized carbons (Fsp3) is 0.429. The zero-order valence-electron chi connectivity index (χ0n) is 6.20. The van der Waals surface area contributed by atoms with E-state index in [4.69, 9.17) is 5.11 Å². The molecule has 0 aliphatic heterocycles. The first-order valence-corrected chi connectivity index (χ1v) is 4.12. The second-order valence-electron chi connectivity index (χ2n) is 2.15. The molecule has 0 spiro atoms. The van der Waals surface area contributed by atoms with Crippen LogP contribution in [0.1, 0.15) is 21.6 Å². The molecule has 0 saturated heterocycles. The molecule has 0 bridgehead atoms. The predicted octanol–water partition coefficient (Wildman–Crippen LogP) is 0.881. The molecule has 0 unspecified atom stereocenters. The van der Waals surface area contributed by atoms with Gasteiger partial charge in [0.1, 0.15) is 0 Å². The highest BCUT2D eigenvalue weighted by Gasteiger charge is 2.04. The summed E-state index contributed by atoms with van der Waals surface area (Å²) >= 11 is 1.34. The summed E-state index contributed by atoms with van der Waals surface area (Å²) in [7, 11) is 0. The van der Waals surface area contributed by atoms with Crippen LogP contribution in [0.15, 0.2) is 6.20 Å². The maximum Gasteiger partial charge on any atom is 0.171 e. The fourth-order valence-electron chi connectivity index (χ4n) is 0.684. The van der Waals surface area contributed by atoms with Gasteiger partial charge in [-0.1, -0.05) is 0 Å². The smallest absolute Gasteiger partial charge is 0.171 e. The average molecular weight is 171 g/mol. The lowest BCUT2D eigenvalue weighted by molar-refractivity contribution is 0.102. The quantitative estimate of drug-likeness (QED) is 0.687. The third-order valence-electron chi connectivity index (χ3n) is 1.23. The molecule has 1 rings (SSSR count). The molecule has 60 valence electrons. The first-order chi connectivity index (χ1) is 5.24. The predicted molar refractivity (Wildman–Crippen MR) is 42.9 cm³/mol. The number of aliphatic hydroxyl groups excluding tert-OH is 1. The molecular formula is C7H9NO2S. The molecular weight excluding hydrogens is 162 g/mol. The van der Waals surface area contributed by atoms with Crippen LogP contribution in [0.5, 0.6) is 0 Å². The Hall–Kier alpha value is -0.740. The van der Waals surface area contributed by atoms with Gasteiger partial charge in [0.15, 0.2) is 5.78 Å². The number of hydrogen-bond donors (Lipinski definition) is 1. The highest BCUT2D eigenvalue weighted by Crippen LogP contribution is 2.13. The van der Waals surface area contributed by atoms with Crippen molar-refractivity contribution in [3.05, 3.63) is 16.1 Å². The summed E-state index contributed by atoms with van der Waals surface area (Å²) in [5.41, 5.74) is 0. The van der Waals surface area contributed by atoms with Crippen LogP contribution in [-0.4, -0.2) is 22.5 Å². The van der Waals surface area contributed by atoms with Crippen molar-refractivity contribution in [2.75, 3.05) is 6.61 Å². The number of thiazole rings is 1. The van der Waals surface area contributed by atoms with Gasteiger partial charge in [-0.05, 0) is 0 Å². The van der Waals surface area contributed by atoms with Gasteiger partial charge >= 0.3 is 0 Å². The third kappa shape index (κ3) is 2.10. The van der Waals surface area contributed by atoms with Crippen molar-refractivity contribution in [1.82, 2.24) is 4.98 Å². The van der Waals surface area contributed by atoms with Crippen LogP contribution in [0.4, 0.5) is 0 Å². The summed E-state index contributed by atoms with van der Waals surface area (Å²) in [6.45, 7) is 1.60. The number of Topliss-reactive ketones (excluding diaryl/α,β-unsaturated/α-hetero) is 1. The van der Waals surface area contributed by atoms with Crippen molar-refractivity contribution in [3.8, 4) is 0 Å². The monoisotopic (exact) mass is 171 g/mol. The van der Waals surface area contributed by atoms with Gasteiger partial charge in [-0.25, -0.2) is 4.98 Å². The Bertz CT molecular complexity index is 257. The van der Waals surface area contributed by atoms with Crippen molar-refractivity contribution < 1.29 is 9.90 Å². The molecule has 3 nitrogen and oxygen atoms in total. The van der Waals surface area contributed by atoms with E-state index in [0.29, 0.717) is 11.3 Å². The molecule has 0 aromatic carbocycles. The number of hydrogen-bond acceptors (Lipinski definition) is 4. The maximum atomic E-state index is 10.8. The molecule has 0 aliphatic rings. The van der Waals surface area contributed by atoms with E-state index in [2.05, 4.69) is 4.98 Å². The Morgan fingerprint density at radius 2 is 2.55 bits per heavy atom. The Labute approximate surface area is 68.7 Å². The van der Waals surface area contributed by atoms with E-state index >= 15 is 0 Å². The molecule has 0 aliphatic carbocycles. The topological polar surface area (TPSA) is 50.2 Å². The lowest BCUT2D eigenvalue weighted by Crippen LogP contribution is -1.87. The summed E-state index contributed by atoms with van der Waals surface area (Å²) in [6, 6.07) is 0. The van der Waals surface area contributed by atoms with Crippen molar-refractivity contribution >= 4 is 17.1 Å². The van der Waals surface area contributed by atoms with Crippen LogP contribution in [0.25, 0.3) is 0 Å². The summed E-state index contributed by atoms with van der Waals surface area (Å²) in [6.07, 6.45) is 2.09. The number of nitrogens with zero attached hydrogens (tertiary/aromatic N) is 1. The van der Waals surface area contributed by atoms with Gasteiger partial charge < -0.3 is 5.11 Å². The molecule has 11 heavy (non-hydrogen) atoms. The van der Waals surface area contributed by atoms with E-state index in [1.54, 1.807) is 6.20 Å². The SMILES string of the molecule is CC(=O)c1cnc(CCO)s1. The number of rotatable bonds is 3. The van der Waals surface area contributed by atoms with Gasteiger partial charge in [0.25, 0.3) is 0 Å². The minimum Gasteiger partial charge on any atom is -0.396 e. The Morgan fingerprint density at radius 1 is 1.82 bits per heavy atom. The van der Waals surface area contributed by atoms with Crippen LogP contribution in [-0.2, 0) is 6.42 Å². The second kappa shape index (κ2) is 3.59. The number of aliphatic hydroxyl groups is 1. The maximum absolute atomic E-state index is 10.8. The minimum atomic E-state index is 0.0340. The minimum absolute atomic E-state index is 0.0340. The summed E-state index contributed by atoms with van der Waals surface area (Å²) in [5.74, 6) is 0.0340. The first kappa shape index (κ1) is 8.36. The van der Waals surface area contributed by atoms with Crippen molar-refractivity contribution in [2.24, 2.45) is 0 Å². The van der Waals surface area contributed by atoms with E-state index in [1.807, 2.05) is 0 Å². The lowest BCUT2D eigenvalue weighted by Gasteiger charge is -1.85. The summed E-state index contributed by atoms with van der Waals surface area (Å²) in [5, 5.41) is 9.37. The van der Waals surface area contributed by atoms with Crippen molar-refractivity contribution in [2.45, 2.75) is 13.3 Å². The summed E-state index contributed by atoms with van der Waals surface area (Å²) in [4.78, 5) is 15.4. The van der Waals surface area contributed by atoms with Gasteiger partial charge in [0.05, 0.1) is 9.88 Å². The molecule has 0 radical (unpaired) electrons. The molecule has 1 aromatic heterocycles. The molecule has 0 saturated carbocycles.